The number of aromatic nitrogens is 1. The Morgan fingerprint density at radius 2 is 2.05 bits per heavy atom. The van der Waals surface area contributed by atoms with Crippen molar-refractivity contribution in [3.63, 3.8) is 0 Å². The molecule has 22 heavy (non-hydrogen) atoms. The van der Waals surface area contributed by atoms with Crippen LogP contribution >= 0.6 is 11.6 Å². The molecule has 0 radical (unpaired) electrons. The van der Waals surface area contributed by atoms with Crippen molar-refractivity contribution < 1.29 is 9.53 Å². The van der Waals surface area contributed by atoms with Gasteiger partial charge in [-0.2, -0.15) is 0 Å². The molecule has 0 N–H and O–H groups in total. The summed E-state index contributed by atoms with van der Waals surface area (Å²) in [7, 11) is 1.62. The Bertz CT molecular complexity index is 701. The number of hydrogen-bond donors (Lipinski definition) is 0. The molecule has 0 aliphatic rings. The minimum absolute atomic E-state index is 0.00570. The summed E-state index contributed by atoms with van der Waals surface area (Å²) in [4.78, 5) is 17.9. The molecule has 1 aromatic carbocycles. The fourth-order valence-electron chi connectivity index (χ4n) is 2.51. The van der Waals surface area contributed by atoms with E-state index in [4.69, 9.17) is 16.3 Å². The number of carbonyl (C=O) groups is 1. The van der Waals surface area contributed by atoms with Gasteiger partial charge in [-0.05, 0) is 37.1 Å². The number of amides is 1. The van der Waals surface area contributed by atoms with E-state index in [0.29, 0.717) is 24.8 Å². The normalized spacial score (nSPS) is 11.0. The van der Waals surface area contributed by atoms with E-state index >= 15 is 0 Å². The van der Waals surface area contributed by atoms with Crippen LogP contribution < -0.4 is 0 Å². The summed E-state index contributed by atoms with van der Waals surface area (Å²) in [5.41, 5.74) is 4.06. The second-order valence-corrected chi connectivity index (χ2v) is 5.88. The van der Waals surface area contributed by atoms with Crippen LogP contribution in [0, 0.1) is 13.8 Å². The van der Waals surface area contributed by atoms with Crippen molar-refractivity contribution in [2.45, 2.75) is 27.3 Å². The Labute approximate surface area is 136 Å². The molecule has 0 saturated carbocycles. The van der Waals surface area contributed by atoms with Gasteiger partial charge in [0.25, 0.3) is 0 Å². The van der Waals surface area contributed by atoms with E-state index in [0.717, 1.165) is 27.6 Å². The number of benzene rings is 1. The quantitative estimate of drug-likeness (QED) is 0.792. The highest BCUT2D eigenvalue weighted by Gasteiger charge is 2.14. The molecule has 1 amide bonds. The Morgan fingerprint density at radius 1 is 1.32 bits per heavy atom. The number of hydrogen-bond acceptors (Lipinski definition) is 3. The Kier molecular flexibility index (Phi) is 5.37. The van der Waals surface area contributed by atoms with E-state index in [-0.39, 0.29) is 5.91 Å². The van der Waals surface area contributed by atoms with Gasteiger partial charge >= 0.3 is 0 Å². The first-order valence-corrected chi connectivity index (χ1v) is 7.61. The number of methoxy groups -OCH3 is 1. The smallest absolute Gasteiger partial charge is 0.219 e. The number of rotatable bonds is 5. The predicted molar refractivity (Wildman–Crippen MR) is 89.2 cm³/mol. The highest BCUT2D eigenvalue weighted by molar-refractivity contribution is 6.30. The summed E-state index contributed by atoms with van der Waals surface area (Å²) < 4.78 is 5.05. The fourth-order valence-corrected chi connectivity index (χ4v) is 2.72. The third-order valence-electron chi connectivity index (χ3n) is 3.68. The van der Waals surface area contributed by atoms with Crippen LogP contribution in [0.1, 0.15) is 23.6 Å². The van der Waals surface area contributed by atoms with Crippen LogP contribution in [0.5, 0.6) is 0 Å². The molecular weight excluding hydrogens is 300 g/mol. The van der Waals surface area contributed by atoms with Crippen LogP contribution in [0.4, 0.5) is 0 Å². The zero-order chi connectivity index (χ0) is 16.3. The zero-order valence-electron chi connectivity index (χ0n) is 13.4. The summed E-state index contributed by atoms with van der Waals surface area (Å²) in [5, 5.41) is 1.52. The van der Waals surface area contributed by atoms with Crippen molar-refractivity contribution in [2.24, 2.45) is 0 Å². The number of aryl methyl sites for hydroxylation is 2. The molecule has 0 bridgehead atoms. The van der Waals surface area contributed by atoms with Crippen molar-refractivity contribution in [2.75, 3.05) is 20.3 Å². The minimum atomic E-state index is -0.00570. The molecule has 1 aromatic heterocycles. The molecule has 0 unspecified atom stereocenters. The number of fused-ring (bicyclic) bond motifs is 1. The number of nitrogens with zero attached hydrogens (tertiary/aromatic N) is 2. The number of pyridine rings is 1. The van der Waals surface area contributed by atoms with Gasteiger partial charge in [-0.1, -0.05) is 17.7 Å². The van der Waals surface area contributed by atoms with Gasteiger partial charge in [0.1, 0.15) is 5.15 Å². The lowest BCUT2D eigenvalue weighted by molar-refractivity contribution is -0.130. The molecular formula is C17H21ClN2O2. The first-order valence-electron chi connectivity index (χ1n) is 7.23. The molecule has 0 aliphatic carbocycles. The topological polar surface area (TPSA) is 42.4 Å². The molecule has 1 heterocycles. The third kappa shape index (κ3) is 3.76. The lowest BCUT2D eigenvalue weighted by Gasteiger charge is -2.21. The van der Waals surface area contributed by atoms with Crippen LogP contribution in [-0.2, 0) is 16.1 Å². The lowest BCUT2D eigenvalue weighted by atomic mass is 10.0. The summed E-state index contributed by atoms with van der Waals surface area (Å²) in [5.74, 6) is -0.00570. The maximum Gasteiger partial charge on any atom is 0.219 e. The summed E-state index contributed by atoms with van der Waals surface area (Å²) >= 11 is 6.31. The lowest BCUT2D eigenvalue weighted by Crippen LogP contribution is -2.31. The molecule has 0 atom stereocenters. The van der Waals surface area contributed by atoms with Crippen LogP contribution in [0.15, 0.2) is 18.2 Å². The highest BCUT2D eigenvalue weighted by atomic mass is 35.5. The van der Waals surface area contributed by atoms with Gasteiger partial charge in [-0.15, -0.1) is 0 Å². The monoisotopic (exact) mass is 320 g/mol. The molecule has 2 aromatic rings. The predicted octanol–water partition coefficient (Wildman–Crippen LogP) is 3.50. The van der Waals surface area contributed by atoms with Crippen molar-refractivity contribution in [1.82, 2.24) is 9.88 Å². The van der Waals surface area contributed by atoms with Gasteiger partial charge in [0, 0.05) is 38.1 Å². The largest absolute Gasteiger partial charge is 0.383 e. The first-order chi connectivity index (χ1) is 10.4. The van der Waals surface area contributed by atoms with Gasteiger partial charge in [0.05, 0.1) is 12.1 Å². The number of ether oxygens (including phenoxy) is 1. The molecule has 0 spiro atoms. The van der Waals surface area contributed by atoms with E-state index in [2.05, 4.69) is 18.0 Å². The zero-order valence-corrected chi connectivity index (χ0v) is 14.2. The fraction of sp³-hybridized carbons (Fsp3) is 0.412. The second-order valence-electron chi connectivity index (χ2n) is 5.52. The molecule has 0 fully saturated rings. The van der Waals surface area contributed by atoms with Gasteiger partial charge in [0.15, 0.2) is 0 Å². The molecule has 5 heteroatoms. The SMILES string of the molecule is COCCN(Cc1cc2c(C)cc(C)cc2nc1Cl)C(C)=O. The van der Waals surface area contributed by atoms with Crippen molar-refractivity contribution >= 4 is 28.4 Å². The van der Waals surface area contributed by atoms with E-state index in [1.54, 1.807) is 18.9 Å². The van der Waals surface area contributed by atoms with Crippen LogP contribution in [-0.4, -0.2) is 36.1 Å². The Balaban J connectivity index is 2.38. The number of carbonyl (C=O) groups excluding carboxylic acids is 1. The van der Waals surface area contributed by atoms with Crippen LogP contribution in [0.25, 0.3) is 10.9 Å². The maximum absolute atomic E-state index is 11.7. The first kappa shape index (κ1) is 16.7. The summed E-state index contributed by atoms with van der Waals surface area (Å²) in [6, 6.07) is 6.17. The van der Waals surface area contributed by atoms with E-state index < -0.39 is 0 Å². The summed E-state index contributed by atoms with van der Waals surface area (Å²) in [6.45, 7) is 7.12. The average molecular weight is 321 g/mol. The number of halogens is 1. The molecule has 0 saturated heterocycles. The van der Waals surface area contributed by atoms with Crippen LogP contribution in [0.2, 0.25) is 5.15 Å². The molecule has 118 valence electrons. The molecule has 2 rings (SSSR count). The van der Waals surface area contributed by atoms with Gasteiger partial charge < -0.3 is 9.64 Å². The van der Waals surface area contributed by atoms with E-state index in [1.807, 2.05) is 19.1 Å². The van der Waals surface area contributed by atoms with Gasteiger partial charge in [0.2, 0.25) is 5.91 Å². The van der Waals surface area contributed by atoms with Gasteiger partial charge in [-0.3, -0.25) is 4.79 Å². The standard InChI is InChI=1S/C17H21ClN2O2/c1-11-7-12(2)15-9-14(17(18)19-16(15)8-11)10-20(13(3)21)5-6-22-4/h7-9H,5-6,10H2,1-4H3. The van der Waals surface area contributed by atoms with Crippen molar-refractivity contribution in [3.8, 4) is 0 Å². The van der Waals surface area contributed by atoms with E-state index in [1.165, 1.54) is 0 Å². The Hall–Kier alpha value is -1.65. The van der Waals surface area contributed by atoms with Crippen molar-refractivity contribution in [1.29, 1.82) is 0 Å². The van der Waals surface area contributed by atoms with Gasteiger partial charge in [-0.25, -0.2) is 4.98 Å². The van der Waals surface area contributed by atoms with Crippen LogP contribution in [0.3, 0.4) is 0 Å². The third-order valence-corrected chi connectivity index (χ3v) is 4.01. The average Bonchev–Trinajstić information content (AvgIpc) is 2.43. The maximum atomic E-state index is 11.7. The van der Waals surface area contributed by atoms with E-state index in [9.17, 15) is 4.79 Å². The minimum Gasteiger partial charge on any atom is -0.383 e. The second kappa shape index (κ2) is 7.07. The van der Waals surface area contributed by atoms with Crippen molar-refractivity contribution in [3.05, 3.63) is 40.0 Å². The molecule has 0 aliphatic heterocycles. The molecule has 4 nitrogen and oxygen atoms in total. The highest BCUT2D eigenvalue weighted by Crippen LogP contribution is 2.25. The summed E-state index contributed by atoms with van der Waals surface area (Å²) in [6.07, 6.45) is 0. The Morgan fingerprint density at radius 3 is 2.68 bits per heavy atom.